The van der Waals surface area contributed by atoms with Gasteiger partial charge in [0, 0.05) is 6.42 Å². The van der Waals surface area contributed by atoms with E-state index in [0.29, 0.717) is 6.42 Å². The van der Waals surface area contributed by atoms with Gasteiger partial charge >= 0.3 is 0 Å². The Bertz CT molecular complexity index is 79.8. The van der Waals surface area contributed by atoms with Gasteiger partial charge in [0.1, 0.15) is 6.29 Å². The number of thiocarbonyl (C=S) groups is 1. The molecule has 40 valence electrons. The fraction of sp³-hybridized carbons (Fsp3) is 0.500. The quantitative estimate of drug-likeness (QED) is 0.418. The molecule has 0 rings (SSSR count). The van der Waals surface area contributed by atoms with E-state index in [1.165, 1.54) is 11.8 Å². The first-order valence-corrected chi connectivity index (χ1v) is 3.45. The highest BCUT2D eigenvalue weighted by atomic mass is 32.2. The summed E-state index contributed by atoms with van der Waals surface area (Å²) in [5.41, 5.74) is 0. The zero-order chi connectivity index (χ0) is 5.70. The topological polar surface area (TPSA) is 17.1 Å². The minimum atomic E-state index is 0.413. The molecule has 0 unspecified atom stereocenters. The Morgan fingerprint density at radius 3 is 2.71 bits per heavy atom. The second kappa shape index (κ2) is 4.27. The van der Waals surface area contributed by atoms with Crippen molar-refractivity contribution < 1.29 is 4.79 Å². The Balaban J connectivity index is 3.17. The highest BCUT2D eigenvalue weighted by Gasteiger charge is 1.87. The van der Waals surface area contributed by atoms with E-state index in [1.807, 2.05) is 6.26 Å². The summed E-state index contributed by atoms with van der Waals surface area (Å²) in [6, 6.07) is 0. The van der Waals surface area contributed by atoms with Crippen molar-refractivity contribution in [3.05, 3.63) is 0 Å². The van der Waals surface area contributed by atoms with Gasteiger partial charge in [-0.15, -0.1) is 11.8 Å². The Kier molecular flexibility index (Phi) is 4.34. The zero-order valence-electron chi connectivity index (χ0n) is 4.01. The van der Waals surface area contributed by atoms with Crippen LogP contribution in [0, 0.1) is 0 Å². The van der Waals surface area contributed by atoms with Crippen LogP contribution in [0.15, 0.2) is 0 Å². The fourth-order valence-corrected chi connectivity index (χ4v) is 0.454. The SMILES string of the molecule is CSC(=S)CC=O. The molecule has 0 bridgehead atoms. The van der Waals surface area contributed by atoms with Crippen molar-refractivity contribution in [1.29, 1.82) is 0 Å². The zero-order valence-corrected chi connectivity index (χ0v) is 5.64. The van der Waals surface area contributed by atoms with Crippen LogP contribution < -0.4 is 0 Å². The lowest BCUT2D eigenvalue weighted by atomic mass is 10.6. The molecule has 3 heteroatoms. The summed E-state index contributed by atoms with van der Waals surface area (Å²) >= 11 is 6.14. The van der Waals surface area contributed by atoms with Crippen molar-refractivity contribution >= 4 is 34.5 Å². The van der Waals surface area contributed by atoms with Crippen molar-refractivity contribution in [3.63, 3.8) is 0 Å². The first-order chi connectivity index (χ1) is 3.31. The Morgan fingerprint density at radius 1 is 2.00 bits per heavy atom. The standard InChI is InChI=1S/C4H6OS2/c1-7-4(6)2-3-5/h3H,2H2,1H3. The number of hydrogen-bond acceptors (Lipinski definition) is 3. The summed E-state index contributed by atoms with van der Waals surface area (Å²) in [5.74, 6) is 0. The second-order valence-electron chi connectivity index (χ2n) is 0.947. The maximum atomic E-state index is 9.67. The Labute approximate surface area is 52.5 Å². The first kappa shape index (κ1) is 7.11. The molecule has 0 aliphatic heterocycles. The van der Waals surface area contributed by atoms with Crippen LogP contribution in [0.25, 0.3) is 0 Å². The number of carbonyl (C=O) groups is 1. The lowest BCUT2D eigenvalue weighted by molar-refractivity contribution is -0.106. The summed E-state index contributed by atoms with van der Waals surface area (Å²) in [4.78, 5) is 9.67. The van der Waals surface area contributed by atoms with Gasteiger partial charge in [0.25, 0.3) is 0 Å². The average molecular weight is 134 g/mol. The predicted molar refractivity (Wildman–Crippen MR) is 36.8 cm³/mol. The third-order valence-corrected chi connectivity index (χ3v) is 1.77. The van der Waals surface area contributed by atoms with Crippen molar-refractivity contribution in [1.82, 2.24) is 0 Å². The van der Waals surface area contributed by atoms with Gasteiger partial charge in [-0.1, -0.05) is 12.2 Å². The molecule has 0 heterocycles. The lowest BCUT2D eigenvalue weighted by Crippen LogP contribution is -1.84. The summed E-state index contributed by atoms with van der Waals surface area (Å²) in [6.45, 7) is 0. The molecule has 0 saturated heterocycles. The van der Waals surface area contributed by atoms with Gasteiger partial charge in [-0.25, -0.2) is 0 Å². The van der Waals surface area contributed by atoms with E-state index in [1.54, 1.807) is 0 Å². The molecule has 0 aromatic rings. The largest absolute Gasteiger partial charge is 0.303 e. The molecule has 0 N–H and O–H groups in total. The molecule has 0 amide bonds. The molecule has 1 nitrogen and oxygen atoms in total. The van der Waals surface area contributed by atoms with E-state index in [9.17, 15) is 4.79 Å². The Hall–Kier alpha value is 0.110. The van der Waals surface area contributed by atoms with Crippen LogP contribution in [0.3, 0.4) is 0 Å². The third kappa shape index (κ3) is 3.95. The van der Waals surface area contributed by atoms with E-state index >= 15 is 0 Å². The highest BCUT2D eigenvalue weighted by Crippen LogP contribution is 1.98. The van der Waals surface area contributed by atoms with Gasteiger partial charge in [0.15, 0.2) is 0 Å². The first-order valence-electron chi connectivity index (χ1n) is 1.81. The maximum absolute atomic E-state index is 9.67. The molecular weight excluding hydrogens is 128 g/mol. The van der Waals surface area contributed by atoms with Gasteiger partial charge in [-0.3, -0.25) is 0 Å². The summed E-state index contributed by atoms with van der Waals surface area (Å²) in [6.07, 6.45) is 3.10. The van der Waals surface area contributed by atoms with E-state index in [2.05, 4.69) is 12.2 Å². The van der Waals surface area contributed by atoms with Crippen LogP contribution in [0.1, 0.15) is 6.42 Å². The monoisotopic (exact) mass is 134 g/mol. The van der Waals surface area contributed by atoms with Gasteiger partial charge in [0.05, 0.1) is 4.20 Å². The molecule has 0 fully saturated rings. The molecule has 0 atom stereocenters. The van der Waals surface area contributed by atoms with Crippen LogP contribution in [0.5, 0.6) is 0 Å². The molecule has 0 aromatic heterocycles. The van der Waals surface area contributed by atoms with E-state index in [4.69, 9.17) is 0 Å². The molecule has 0 aliphatic carbocycles. The van der Waals surface area contributed by atoms with Gasteiger partial charge in [-0.2, -0.15) is 0 Å². The van der Waals surface area contributed by atoms with E-state index < -0.39 is 0 Å². The number of carbonyl (C=O) groups excluding carboxylic acids is 1. The summed E-state index contributed by atoms with van der Waals surface area (Å²) in [7, 11) is 0. The normalized spacial score (nSPS) is 8.14. The van der Waals surface area contributed by atoms with Crippen molar-refractivity contribution in [3.8, 4) is 0 Å². The van der Waals surface area contributed by atoms with Crippen LogP contribution >= 0.6 is 24.0 Å². The van der Waals surface area contributed by atoms with Gasteiger partial charge in [-0.05, 0) is 6.26 Å². The summed E-state index contributed by atoms with van der Waals surface area (Å²) in [5, 5.41) is 0. The Morgan fingerprint density at radius 2 is 2.57 bits per heavy atom. The molecule has 0 spiro atoms. The average Bonchev–Trinajstić information content (AvgIpc) is 1.68. The third-order valence-electron chi connectivity index (χ3n) is 0.478. The fourth-order valence-electron chi connectivity index (χ4n) is 0.151. The van der Waals surface area contributed by atoms with Gasteiger partial charge in [0.2, 0.25) is 0 Å². The van der Waals surface area contributed by atoms with E-state index in [0.717, 1.165) is 10.5 Å². The smallest absolute Gasteiger partial charge is 0.125 e. The minimum Gasteiger partial charge on any atom is -0.303 e. The molecular formula is C4H6OS2. The lowest BCUT2D eigenvalue weighted by Gasteiger charge is -1.85. The van der Waals surface area contributed by atoms with Crippen molar-refractivity contribution in [2.24, 2.45) is 0 Å². The molecule has 7 heavy (non-hydrogen) atoms. The number of hydrogen-bond donors (Lipinski definition) is 0. The molecule has 0 radical (unpaired) electrons. The number of aldehydes is 1. The number of thioether (sulfide) groups is 1. The van der Waals surface area contributed by atoms with Crippen molar-refractivity contribution in [2.75, 3.05) is 6.26 Å². The number of rotatable bonds is 2. The molecule has 0 aromatic carbocycles. The van der Waals surface area contributed by atoms with Gasteiger partial charge < -0.3 is 4.79 Å². The van der Waals surface area contributed by atoms with E-state index in [-0.39, 0.29) is 0 Å². The molecule has 0 saturated carbocycles. The molecule has 0 aliphatic rings. The van der Waals surface area contributed by atoms with Crippen LogP contribution in [-0.2, 0) is 4.79 Å². The van der Waals surface area contributed by atoms with Crippen LogP contribution in [0.2, 0.25) is 0 Å². The highest BCUT2D eigenvalue weighted by molar-refractivity contribution is 8.22. The van der Waals surface area contributed by atoms with Crippen molar-refractivity contribution in [2.45, 2.75) is 6.42 Å². The van der Waals surface area contributed by atoms with Crippen LogP contribution in [0.4, 0.5) is 0 Å². The minimum absolute atomic E-state index is 0.413. The predicted octanol–water partition coefficient (Wildman–Crippen LogP) is 1.27. The maximum Gasteiger partial charge on any atom is 0.125 e. The van der Waals surface area contributed by atoms with Crippen LogP contribution in [-0.4, -0.2) is 16.7 Å². The second-order valence-corrected chi connectivity index (χ2v) is 2.60. The summed E-state index contributed by atoms with van der Waals surface area (Å²) < 4.78 is 0.759.